The second-order valence-electron chi connectivity index (χ2n) is 5.03. The molecule has 0 saturated carbocycles. The normalized spacial score (nSPS) is 11.6. The van der Waals surface area contributed by atoms with Crippen molar-refractivity contribution < 1.29 is 9.53 Å². The topological polar surface area (TPSA) is 29.5 Å². The number of hydrogen-bond acceptors (Lipinski definition) is 2. The Balaban J connectivity index is 2.81. The van der Waals surface area contributed by atoms with Crippen LogP contribution in [0.3, 0.4) is 0 Å². The number of ether oxygens (including phenoxy) is 1. The van der Waals surface area contributed by atoms with Gasteiger partial charge in [0, 0.05) is 19.2 Å². The van der Waals surface area contributed by atoms with Crippen LogP contribution in [0.1, 0.15) is 40.2 Å². The van der Waals surface area contributed by atoms with Gasteiger partial charge in [-0.3, -0.25) is 4.79 Å². The summed E-state index contributed by atoms with van der Waals surface area (Å²) >= 11 is 0. The number of nitrogens with zero attached hydrogens (tertiary/aromatic N) is 1. The Kier molecular flexibility index (Phi) is 6.29. The molecule has 0 N–H and O–H groups in total. The average molecular weight is 275 g/mol. The van der Waals surface area contributed by atoms with Crippen molar-refractivity contribution in [1.29, 1.82) is 0 Å². The summed E-state index contributed by atoms with van der Waals surface area (Å²) < 4.78 is 5.61. The van der Waals surface area contributed by atoms with Crippen molar-refractivity contribution in [3.8, 4) is 5.75 Å². The molecule has 0 unspecified atom stereocenters. The Morgan fingerprint density at radius 1 is 1.20 bits per heavy atom. The highest BCUT2D eigenvalue weighted by atomic mass is 16.5. The van der Waals surface area contributed by atoms with E-state index in [0.717, 1.165) is 30.0 Å². The van der Waals surface area contributed by atoms with Gasteiger partial charge >= 0.3 is 0 Å². The van der Waals surface area contributed by atoms with E-state index in [1.165, 1.54) is 0 Å². The summed E-state index contributed by atoms with van der Waals surface area (Å²) in [6.45, 7) is 11.4. The maximum Gasteiger partial charge on any atom is 0.246 e. The summed E-state index contributed by atoms with van der Waals surface area (Å²) in [5.41, 5.74) is 2.01. The van der Waals surface area contributed by atoms with Crippen LogP contribution in [0.15, 0.2) is 30.3 Å². The highest BCUT2D eigenvalue weighted by molar-refractivity contribution is 5.94. The minimum absolute atomic E-state index is 0.0648. The molecular weight excluding hydrogens is 250 g/mol. The van der Waals surface area contributed by atoms with E-state index >= 15 is 0 Å². The van der Waals surface area contributed by atoms with Gasteiger partial charge in [0.25, 0.3) is 0 Å². The number of likely N-dealkylation sites (N-methyl/N-ethyl adjacent to an activating group) is 1. The van der Waals surface area contributed by atoms with Gasteiger partial charge in [0.1, 0.15) is 5.75 Å². The molecule has 0 saturated heterocycles. The number of rotatable bonds is 6. The SMILES string of the molecule is CCN(CC)C(=O)/C=C(\C)c1ccc(OC(C)C)cc1. The van der Waals surface area contributed by atoms with Gasteiger partial charge in [-0.15, -0.1) is 0 Å². The van der Waals surface area contributed by atoms with Gasteiger partial charge in [-0.2, -0.15) is 0 Å². The summed E-state index contributed by atoms with van der Waals surface area (Å²) in [5, 5.41) is 0. The van der Waals surface area contributed by atoms with E-state index in [1.54, 1.807) is 11.0 Å². The molecular formula is C17H25NO2. The van der Waals surface area contributed by atoms with Crippen molar-refractivity contribution in [2.24, 2.45) is 0 Å². The quantitative estimate of drug-likeness (QED) is 0.740. The minimum Gasteiger partial charge on any atom is -0.491 e. The Bertz CT molecular complexity index is 456. The van der Waals surface area contributed by atoms with E-state index in [2.05, 4.69) is 0 Å². The van der Waals surface area contributed by atoms with Gasteiger partial charge in [0.05, 0.1) is 6.10 Å². The van der Waals surface area contributed by atoms with Crippen LogP contribution in [0.2, 0.25) is 0 Å². The fraction of sp³-hybridized carbons (Fsp3) is 0.471. The first-order valence-corrected chi connectivity index (χ1v) is 7.22. The minimum atomic E-state index is 0.0648. The molecule has 0 aromatic heterocycles. The zero-order valence-corrected chi connectivity index (χ0v) is 13.1. The maximum atomic E-state index is 12.0. The Morgan fingerprint density at radius 2 is 1.75 bits per heavy atom. The van der Waals surface area contributed by atoms with Gasteiger partial charge in [-0.25, -0.2) is 0 Å². The summed E-state index contributed by atoms with van der Waals surface area (Å²) in [6.07, 6.45) is 1.87. The van der Waals surface area contributed by atoms with Crippen LogP contribution in [-0.4, -0.2) is 30.0 Å². The highest BCUT2D eigenvalue weighted by Gasteiger charge is 2.07. The number of hydrogen-bond donors (Lipinski definition) is 0. The van der Waals surface area contributed by atoms with Crippen LogP contribution in [0.4, 0.5) is 0 Å². The van der Waals surface area contributed by atoms with Crippen molar-refractivity contribution in [3.05, 3.63) is 35.9 Å². The first-order chi connectivity index (χ1) is 9.47. The molecule has 1 amide bonds. The van der Waals surface area contributed by atoms with Crippen LogP contribution >= 0.6 is 0 Å². The lowest BCUT2D eigenvalue weighted by Gasteiger charge is -2.17. The van der Waals surface area contributed by atoms with E-state index in [0.29, 0.717) is 0 Å². The molecule has 0 spiro atoms. The average Bonchev–Trinajstić information content (AvgIpc) is 2.40. The number of amides is 1. The van der Waals surface area contributed by atoms with Gasteiger partial charge in [0.15, 0.2) is 0 Å². The smallest absolute Gasteiger partial charge is 0.246 e. The lowest BCUT2D eigenvalue weighted by Crippen LogP contribution is -2.28. The fourth-order valence-electron chi connectivity index (χ4n) is 1.96. The van der Waals surface area contributed by atoms with Crippen LogP contribution < -0.4 is 4.74 Å². The lowest BCUT2D eigenvalue weighted by molar-refractivity contribution is -0.125. The second-order valence-corrected chi connectivity index (χ2v) is 5.03. The van der Waals surface area contributed by atoms with Crippen molar-refractivity contribution >= 4 is 11.5 Å². The highest BCUT2D eigenvalue weighted by Crippen LogP contribution is 2.19. The third-order valence-electron chi connectivity index (χ3n) is 3.10. The van der Waals surface area contributed by atoms with E-state index < -0.39 is 0 Å². The van der Waals surface area contributed by atoms with Crippen molar-refractivity contribution in [2.75, 3.05) is 13.1 Å². The van der Waals surface area contributed by atoms with Crippen LogP contribution in [0.5, 0.6) is 5.75 Å². The monoisotopic (exact) mass is 275 g/mol. The molecule has 1 rings (SSSR count). The summed E-state index contributed by atoms with van der Waals surface area (Å²) in [7, 11) is 0. The number of benzene rings is 1. The zero-order valence-electron chi connectivity index (χ0n) is 13.1. The van der Waals surface area contributed by atoms with Crippen LogP contribution in [-0.2, 0) is 4.79 Å². The van der Waals surface area contributed by atoms with Crippen LogP contribution in [0, 0.1) is 0 Å². The second kappa shape index (κ2) is 7.73. The number of carbonyl (C=O) groups is 1. The standard InChI is InChI=1S/C17H25NO2/c1-6-18(7-2)17(19)12-14(5)15-8-10-16(11-9-15)20-13(3)4/h8-13H,6-7H2,1-5H3/b14-12+. The first-order valence-electron chi connectivity index (χ1n) is 7.22. The predicted molar refractivity (Wildman–Crippen MR) is 83.8 cm³/mol. The molecule has 3 heteroatoms. The predicted octanol–water partition coefficient (Wildman–Crippen LogP) is 3.75. The van der Waals surface area contributed by atoms with E-state index in [9.17, 15) is 4.79 Å². The molecule has 20 heavy (non-hydrogen) atoms. The first kappa shape index (κ1) is 16.3. The third kappa shape index (κ3) is 4.72. The summed E-state index contributed by atoms with van der Waals surface area (Å²) in [6, 6.07) is 7.85. The van der Waals surface area contributed by atoms with Gasteiger partial charge in [-0.05, 0) is 57.9 Å². The zero-order chi connectivity index (χ0) is 15.1. The van der Waals surface area contributed by atoms with Crippen molar-refractivity contribution in [3.63, 3.8) is 0 Å². The van der Waals surface area contributed by atoms with E-state index in [4.69, 9.17) is 4.74 Å². The fourth-order valence-corrected chi connectivity index (χ4v) is 1.96. The molecule has 0 heterocycles. The van der Waals surface area contributed by atoms with Gasteiger partial charge in [0.2, 0.25) is 5.91 Å². The molecule has 0 aliphatic heterocycles. The largest absolute Gasteiger partial charge is 0.491 e. The Labute approximate surface area is 122 Å². The molecule has 1 aromatic rings. The Hall–Kier alpha value is -1.77. The lowest BCUT2D eigenvalue weighted by atomic mass is 10.1. The molecule has 0 bridgehead atoms. The van der Waals surface area contributed by atoms with Gasteiger partial charge < -0.3 is 9.64 Å². The molecule has 0 aliphatic carbocycles. The molecule has 110 valence electrons. The van der Waals surface area contributed by atoms with E-state index in [-0.39, 0.29) is 12.0 Å². The number of allylic oxidation sites excluding steroid dienone is 1. The van der Waals surface area contributed by atoms with Crippen LogP contribution in [0.25, 0.3) is 5.57 Å². The molecule has 0 aliphatic rings. The third-order valence-corrected chi connectivity index (χ3v) is 3.10. The van der Waals surface area contributed by atoms with Gasteiger partial charge in [-0.1, -0.05) is 12.1 Å². The summed E-state index contributed by atoms with van der Waals surface area (Å²) in [5.74, 6) is 0.918. The molecule has 0 fully saturated rings. The Morgan fingerprint density at radius 3 is 2.20 bits per heavy atom. The van der Waals surface area contributed by atoms with Crippen molar-refractivity contribution in [2.45, 2.75) is 40.7 Å². The molecule has 0 radical (unpaired) electrons. The number of carbonyl (C=O) groups excluding carboxylic acids is 1. The van der Waals surface area contributed by atoms with E-state index in [1.807, 2.05) is 58.9 Å². The maximum absolute atomic E-state index is 12.0. The molecule has 3 nitrogen and oxygen atoms in total. The van der Waals surface area contributed by atoms with Crippen molar-refractivity contribution in [1.82, 2.24) is 4.90 Å². The summed E-state index contributed by atoms with van der Waals surface area (Å²) in [4.78, 5) is 13.8. The molecule has 1 aromatic carbocycles. The molecule has 0 atom stereocenters.